The third-order valence-corrected chi connectivity index (χ3v) is 3.47. The van der Waals surface area contributed by atoms with Crippen molar-refractivity contribution >= 4 is 16.9 Å². The maximum Gasteiger partial charge on any atom is 0.143 e. The minimum absolute atomic E-state index is 0.502. The average molecular weight is 240 g/mol. The highest BCUT2D eigenvalue weighted by atomic mass is 15.0. The summed E-state index contributed by atoms with van der Waals surface area (Å²) >= 11 is 0. The van der Waals surface area contributed by atoms with E-state index < -0.39 is 0 Å². The second-order valence-electron chi connectivity index (χ2n) is 4.81. The number of nitrogens with two attached hydrogens (primary N) is 1. The maximum atomic E-state index is 5.79. The molecule has 0 saturated heterocycles. The molecule has 92 valence electrons. The van der Waals surface area contributed by atoms with Crippen molar-refractivity contribution in [1.29, 1.82) is 0 Å². The van der Waals surface area contributed by atoms with Crippen LogP contribution in [0.25, 0.3) is 11.0 Å². The lowest BCUT2D eigenvalue weighted by Crippen LogP contribution is -2.02. The van der Waals surface area contributed by atoms with Gasteiger partial charge in [-0.2, -0.15) is 0 Å². The van der Waals surface area contributed by atoms with E-state index in [4.69, 9.17) is 5.73 Å². The van der Waals surface area contributed by atoms with Gasteiger partial charge >= 0.3 is 0 Å². The van der Waals surface area contributed by atoms with Crippen molar-refractivity contribution in [3.63, 3.8) is 0 Å². The van der Waals surface area contributed by atoms with Crippen molar-refractivity contribution in [2.75, 3.05) is 5.73 Å². The van der Waals surface area contributed by atoms with Crippen molar-refractivity contribution in [3.8, 4) is 11.8 Å². The molecule has 2 heterocycles. The van der Waals surface area contributed by atoms with Crippen molar-refractivity contribution in [1.82, 2.24) is 15.0 Å². The summed E-state index contributed by atoms with van der Waals surface area (Å²) in [6.45, 7) is 0. The largest absolute Gasteiger partial charge is 0.383 e. The van der Waals surface area contributed by atoms with Crippen LogP contribution < -0.4 is 5.73 Å². The monoisotopic (exact) mass is 240 g/mol. The van der Waals surface area contributed by atoms with E-state index in [2.05, 4.69) is 26.8 Å². The summed E-state index contributed by atoms with van der Waals surface area (Å²) in [5.74, 6) is 7.60. The third kappa shape index (κ3) is 2.17. The van der Waals surface area contributed by atoms with Crippen LogP contribution in [0.5, 0.6) is 0 Å². The lowest BCUT2D eigenvalue weighted by Gasteiger charge is -2.15. The number of aromatic amines is 1. The average Bonchev–Trinajstić information content (AvgIpc) is 2.82. The quantitative estimate of drug-likeness (QED) is 0.695. The number of H-pyrrole nitrogens is 1. The molecule has 18 heavy (non-hydrogen) atoms. The number of nitrogens with zero attached hydrogens (tertiary/aromatic N) is 2. The normalized spacial score (nSPS) is 16.4. The molecule has 0 radical (unpaired) electrons. The summed E-state index contributed by atoms with van der Waals surface area (Å²) in [6, 6.07) is 1.93. The zero-order valence-corrected chi connectivity index (χ0v) is 10.2. The van der Waals surface area contributed by atoms with Gasteiger partial charge in [-0.05, 0) is 24.8 Å². The SMILES string of the molecule is Nc1ncnc2[nH]c(C#CC3CCCCC3)cc12. The Balaban J connectivity index is 1.86. The number of rotatable bonds is 0. The number of nitrogen functional groups attached to an aromatic ring is 1. The van der Waals surface area contributed by atoms with Crippen LogP contribution in [0.1, 0.15) is 37.8 Å². The highest BCUT2D eigenvalue weighted by Gasteiger charge is 2.10. The second kappa shape index (κ2) is 4.69. The second-order valence-corrected chi connectivity index (χ2v) is 4.81. The van der Waals surface area contributed by atoms with E-state index >= 15 is 0 Å². The molecule has 0 atom stereocenters. The van der Waals surface area contributed by atoms with Crippen LogP contribution >= 0.6 is 0 Å². The highest BCUT2D eigenvalue weighted by Crippen LogP contribution is 2.23. The number of nitrogens with one attached hydrogen (secondary N) is 1. The molecule has 1 saturated carbocycles. The van der Waals surface area contributed by atoms with Gasteiger partial charge < -0.3 is 10.7 Å². The van der Waals surface area contributed by atoms with Crippen LogP contribution in [0.4, 0.5) is 5.82 Å². The number of aromatic nitrogens is 3. The fraction of sp³-hybridized carbons (Fsp3) is 0.429. The van der Waals surface area contributed by atoms with Crippen LogP contribution in [0.15, 0.2) is 12.4 Å². The minimum Gasteiger partial charge on any atom is -0.383 e. The molecule has 1 aliphatic carbocycles. The molecule has 0 unspecified atom stereocenters. The molecular weight excluding hydrogens is 224 g/mol. The summed E-state index contributed by atoms with van der Waals surface area (Å²) in [6.07, 6.45) is 7.91. The molecule has 3 rings (SSSR count). The van der Waals surface area contributed by atoms with Gasteiger partial charge in [0.25, 0.3) is 0 Å². The number of hydrogen-bond acceptors (Lipinski definition) is 3. The Morgan fingerprint density at radius 3 is 2.83 bits per heavy atom. The lowest BCUT2D eigenvalue weighted by molar-refractivity contribution is 0.430. The molecular formula is C14H16N4. The molecule has 2 aromatic heterocycles. The van der Waals surface area contributed by atoms with Crippen molar-refractivity contribution < 1.29 is 0 Å². The van der Waals surface area contributed by atoms with Crippen molar-refractivity contribution in [2.45, 2.75) is 32.1 Å². The minimum atomic E-state index is 0.502. The maximum absolute atomic E-state index is 5.79. The first-order chi connectivity index (χ1) is 8.83. The Morgan fingerprint density at radius 2 is 2.06 bits per heavy atom. The zero-order chi connectivity index (χ0) is 12.4. The predicted molar refractivity (Wildman–Crippen MR) is 71.8 cm³/mol. The summed E-state index contributed by atoms with van der Waals surface area (Å²) in [7, 11) is 0. The Bertz CT molecular complexity index is 611. The van der Waals surface area contributed by atoms with E-state index in [1.165, 1.54) is 38.4 Å². The molecule has 1 fully saturated rings. The van der Waals surface area contributed by atoms with Gasteiger partial charge in [0.1, 0.15) is 17.8 Å². The molecule has 4 nitrogen and oxygen atoms in total. The van der Waals surface area contributed by atoms with Crippen LogP contribution in [-0.4, -0.2) is 15.0 Å². The number of fused-ring (bicyclic) bond motifs is 1. The summed E-state index contributed by atoms with van der Waals surface area (Å²) in [5.41, 5.74) is 7.43. The van der Waals surface area contributed by atoms with Gasteiger partial charge in [-0.1, -0.05) is 25.2 Å². The molecule has 0 amide bonds. The van der Waals surface area contributed by atoms with E-state index in [0.29, 0.717) is 11.7 Å². The third-order valence-electron chi connectivity index (χ3n) is 3.47. The first-order valence-electron chi connectivity index (χ1n) is 6.43. The Kier molecular flexibility index (Phi) is 2.89. The van der Waals surface area contributed by atoms with E-state index in [1.54, 1.807) is 0 Å². The highest BCUT2D eigenvalue weighted by molar-refractivity contribution is 5.87. The summed E-state index contributed by atoms with van der Waals surface area (Å²) in [5, 5.41) is 0.852. The van der Waals surface area contributed by atoms with Gasteiger partial charge in [-0.3, -0.25) is 0 Å². The Labute approximate surface area is 106 Å². The standard InChI is InChI=1S/C14H16N4/c15-13-12-8-11(18-14(12)17-9-16-13)7-6-10-4-2-1-3-5-10/h8-10H,1-5H2,(H3,15,16,17,18). The zero-order valence-electron chi connectivity index (χ0n) is 10.2. The summed E-state index contributed by atoms with van der Waals surface area (Å²) in [4.78, 5) is 11.3. The summed E-state index contributed by atoms with van der Waals surface area (Å²) < 4.78 is 0. The van der Waals surface area contributed by atoms with Crippen LogP contribution in [0, 0.1) is 17.8 Å². The fourth-order valence-corrected chi connectivity index (χ4v) is 2.45. The molecule has 0 spiro atoms. The fourth-order valence-electron chi connectivity index (χ4n) is 2.45. The van der Waals surface area contributed by atoms with Gasteiger partial charge in [0.05, 0.1) is 11.1 Å². The van der Waals surface area contributed by atoms with Crippen LogP contribution in [0.3, 0.4) is 0 Å². The molecule has 0 bridgehead atoms. The molecule has 0 aliphatic heterocycles. The Hall–Kier alpha value is -2.02. The predicted octanol–water partition coefficient (Wildman–Crippen LogP) is 2.47. The van der Waals surface area contributed by atoms with Gasteiger partial charge in [-0.15, -0.1) is 0 Å². The smallest absolute Gasteiger partial charge is 0.143 e. The molecule has 4 heteroatoms. The molecule has 2 aromatic rings. The van der Waals surface area contributed by atoms with E-state index in [9.17, 15) is 0 Å². The number of anilines is 1. The van der Waals surface area contributed by atoms with E-state index in [0.717, 1.165) is 16.7 Å². The number of hydrogen-bond donors (Lipinski definition) is 2. The first kappa shape index (κ1) is 11.1. The molecule has 3 N–H and O–H groups in total. The first-order valence-corrected chi connectivity index (χ1v) is 6.43. The van der Waals surface area contributed by atoms with Gasteiger partial charge in [0.2, 0.25) is 0 Å². The Morgan fingerprint density at radius 1 is 1.22 bits per heavy atom. The molecule has 0 aromatic carbocycles. The van der Waals surface area contributed by atoms with Crippen LogP contribution in [-0.2, 0) is 0 Å². The van der Waals surface area contributed by atoms with Crippen LogP contribution in [0.2, 0.25) is 0 Å². The molecule has 1 aliphatic rings. The topological polar surface area (TPSA) is 67.6 Å². The van der Waals surface area contributed by atoms with E-state index in [1.807, 2.05) is 6.07 Å². The van der Waals surface area contributed by atoms with Crippen molar-refractivity contribution in [2.24, 2.45) is 5.92 Å². The van der Waals surface area contributed by atoms with Gasteiger partial charge in [-0.25, -0.2) is 9.97 Å². The van der Waals surface area contributed by atoms with Gasteiger partial charge in [0.15, 0.2) is 0 Å². The van der Waals surface area contributed by atoms with Gasteiger partial charge in [0, 0.05) is 5.92 Å². The van der Waals surface area contributed by atoms with Crippen molar-refractivity contribution in [3.05, 3.63) is 18.1 Å². The lowest BCUT2D eigenvalue weighted by atomic mass is 9.90. The van der Waals surface area contributed by atoms with E-state index in [-0.39, 0.29) is 0 Å².